The summed E-state index contributed by atoms with van der Waals surface area (Å²) in [5, 5.41) is 2.90. The Morgan fingerprint density at radius 1 is 1.12 bits per heavy atom. The molecular weight excluding hydrogens is 349 g/mol. The zero-order chi connectivity index (χ0) is 18.2. The minimum Gasteiger partial charge on any atom is -0.352 e. The molecule has 4 nitrogen and oxygen atoms in total. The number of nitrogens with one attached hydrogen (secondary N) is 1. The quantitative estimate of drug-likeness (QED) is 0.613. The van der Waals surface area contributed by atoms with E-state index in [-0.39, 0.29) is 11.7 Å². The smallest absolute Gasteiger partial charge is 0.221 e. The molecule has 1 amide bonds. The summed E-state index contributed by atoms with van der Waals surface area (Å²) >= 11 is 1.36. The Kier molecular flexibility index (Phi) is 6.44. The summed E-state index contributed by atoms with van der Waals surface area (Å²) in [5.41, 5.74) is 2.23. The van der Waals surface area contributed by atoms with E-state index in [1.165, 1.54) is 23.4 Å². The summed E-state index contributed by atoms with van der Waals surface area (Å²) in [7, 11) is 0. The van der Waals surface area contributed by atoms with Gasteiger partial charge in [-0.2, -0.15) is 0 Å². The van der Waals surface area contributed by atoms with Gasteiger partial charge in [-0.25, -0.2) is 9.37 Å². The Labute approximate surface area is 156 Å². The zero-order valence-electron chi connectivity index (χ0n) is 14.3. The molecule has 2 aromatic carbocycles. The number of thioether (sulfide) groups is 1. The van der Waals surface area contributed by atoms with Gasteiger partial charge in [0.1, 0.15) is 5.82 Å². The largest absolute Gasteiger partial charge is 0.352 e. The average Bonchev–Trinajstić information content (AvgIpc) is 3.16. The van der Waals surface area contributed by atoms with Gasteiger partial charge in [-0.15, -0.1) is 11.8 Å². The normalized spacial score (nSPS) is 10.7. The van der Waals surface area contributed by atoms with Crippen LogP contribution in [0.2, 0.25) is 0 Å². The molecule has 0 aliphatic heterocycles. The molecule has 0 spiro atoms. The lowest BCUT2D eigenvalue weighted by Crippen LogP contribution is -2.23. The first-order valence-electron chi connectivity index (χ1n) is 8.38. The Balaban J connectivity index is 1.39. The number of nitrogens with zero attached hydrogens (tertiary/aromatic N) is 2. The van der Waals surface area contributed by atoms with Crippen molar-refractivity contribution in [2.45, 2.75) is 24.4 Å². The Bertz CT molecular complexity index is 835. The van der Waals surface area contributed by atoms with Crippen LogP contribution >= 0.6 is 11.8 Å². The van der Waals surface area contributed by atoms with Crippen molar-refractivity contribution in [1.29, 1.82) is 0 Å². The average molecular weight is 369 g/mol. The summed E-state index contributed by atoms with van der Waals surface area (Å²) in [4.78, 5) is 16.5. The molecule has 3 aromatic rings. The summed E-state index contributed by atoms with van der Waals surface area (Å²) in [5.74, 6) is 0.279. The highest BCUT2D eigenvalue weighted by atomic mass is 32.2. The van der Waals surface area contributed by atoms with Gasteiger partial charge >= 0.3 is 0 Å². The van der Waals surface area contributed by atoms with Crippen LogP contribution in [0.3, 0.4) is 0 Å². The van der Waals surface area contributed by atoms with Gasteiger partial charge in [0.2, 0.25) is 5.91 Å². The number of hydrogen-bond donors (Lipinski definition) is 1. The van der Waals surface area contributed by atoms with E-state index in [9.17, 15) is 9.18 Å². The fraction of sp³-hybridized carbons (Fsp3) is 0.200. The fourth-order valence-corrected chi connectivity index (χ4v) is 3.35. The first-order valence-corrected chi connectivity index (χ1v) is 9.37. The van der Waals surface area contributed by atoms with Gasteiger partial charge in [0, 0.05) is 42.6 Å². The first kappa shape index (κ1) is 18.2. The number of imidazole rings is 1. The van der Waals surface area contributed by atoms with Crippen molar-refractivity contribution in [3.8, 4) is 0 Å². The first-order chi connectivity index (χ1) is 12.7. The van der Waals surface area contributed by atoms with Crippen molar-refractivity contribution >= 4 is 17.7 Å². The van der Waals surface area contributed by atoms with Crippen LogP contribution in [0.15, 0.2) is 72.1 Å². The van der Waals surface area contributed by atoms with Crippen LogP contribution in [-0.4, -0.2) is 21.2 Å². The monoisotopic (exact) mass is 369 g/mol. The highest BCUT2D eigenvalue weighted by Crippen LogP contribution is 2.21. The Morgan fingerprint density at radius 3 is 2.62 bits per heavy atom. The molecule has 1 heterocycles. The molecule has 0 aliphatic carbocycles. The van der Waals surface area contributed by atoms with Crippen LogP contribution in [0.25, 0.3) is 0 Å². The molecule has 0 saturated carbocycles. The molecule has 0 radical (unpaired) electrons. The van der Waals surface area contributed by atoms with E-state index in [2.05, 4.69) is 22.4 Å². The molecule has 6 heteroatoms. The number of benzene rings is 2. The van der Waals surface area contributed by atoms with Gasteiger partial charge in [-0.05, 0) is 23.3 Å². The summed E-state index contributed by atoms with van der Waals surface area (Å²) < 4.78 is 15.5. The molecule has 0 saturated heterocycles. The Hall–Kier alpha value is -2.60. The topological polar surface area (TPSA) is 46.9 Å². The van der Waals surface area contributed by atoms with E-state index in [0.29, 0.717) is 23.6 Å². The third kappa shape index (κ3) is 5.46. The van der Waals surface area contributed by atoms with E-state index < -0.39 is 0 Å². The van der Waals surface area contributed by atoms with E-state index >= 15 is 0 Å². The summed E-state index contributed by atoms with van der Waals surface area (Å²) in [6.45, 7) is 1.27. The molecule has 1 N–H and O–H groups in total. The predicted molar refractivity (Wildman–Crippen MR) is 101 cm³/mol. The maximum Gasteiger partial charge on any atom is 0.221 e. The van der Waals surface area contributed by atoms with Crippen LogP contribution in [-0.2, 0) is 17.9 Å². The van der Waals surface area contributed by atoms with Crippen molar-refractivity contribution < 1.29 is 9.18 Å². The number of hydrogen-bond acceptors (Lipinski definition) is 3. The third-order valence-electron chi connectivity index (χ3n) is 3.86. The SMILES string of the molecule is O=C(CCSc1ccccc1F)NCc1ccc(Cn2ccnc2)cc1. The Morgan fingerprint density at radius 2 is 1.88 bits per heavy atom. The molecule has 0 bridgehead atoms. The lowest BCUT2D eigenvalue weighted by atomic mass is 10.1. The van der Waals surface area contributed by atoms with Gasteiger partial charge in [-0.3, -0.25) is 4.79 Å². The molecule has 0 fully saturated rings. The molecule has 3 rings (SSSR count). The maximum atomic E-state index is 13.5. The molecule has 0 unspecified atom stereocenters. The standard InChI is InChI=1S/C20H20FN3OS/c21-18-3-1-2-4-19(18)26-12-9-20(25)23-13-16-5-7-17(8-6-16)14-24-11-10-22-15-24/h1-8,10-11,15H,9,12-14H2,(H,23,25). The molecule has 26 heavy (non-hydrogen) atoms. The van der Waals surface area contributed by atoms with Crippen LogP contribution < -0.4 is 5.32 Å². The van der Waals surface area contributed by atoms with Gasteiger partial charge in [0.05, 0.1) is 6.33 Å². The van der Waals surface area contributed by atoms with Crippen molar-refractivity contribution in [3.05, 3.63) is 84.2 Å². The summed E-state index contributed by atoms with van der Waals surface area (Å²) in [6.07, 6.45) is 5.83. The highest BCUT2D eigenvalue weighted by molar-refractivity contribution is 7.99. The second kappa shape index (κ2) is 9.20. The lowest BCUT2D eigenvalue weighted by molar-refractivity contribution is -0.120. The second-order valence-corrected chi connectivity index (χ2v) is 6.99. The van der Waals surface area contributed by atoms with Gasteiger partial charge < -0.3 is 9.88 Å². The number of amides is 1. The third-order valence-corrected chi connectivity index (χ3v) is 4.91. The van der Waals surface area contributed by atoms with Crippen molar-refractivity contribution in [2.75, 3.05) is 5.75 Å². The van der Waals surface area contributed by atoms with Crippen molar-refractivity contribution in [2.24, 2.45) is 0 Å². The number of halogens is 1. The van der Waals surface area contributed by atoms with Crippen LogP contribution in [0.1, 0.15) is 17.5 Å². The molecule has 1 aromatic heterocycles. The van der Waals surface area contributed by atoms with E-state index in [1.807, 2.05) is 22.9 Å². The predicted octanol–water partition coefficient (Wildman–Crippen LogP) is 3.87. The number of aromatic nitrogens is 2. The fourth-order valence-electron chi connectivity index (χ4n) is 2.46. The zero-order valence-corrected chi connectivity index (χ0v) is 15.1. The van der Waals surface area contributed by atoms with Crippen molar-refractivity contribution in [3.63, 3.8) is 0 Å². The van der Waals surface area contributed by atoms with Crippen LogP contribution in [0.4, 0.5) is 4.39 Å². The van der Waals surface area contributed by atoms with E-state index in [0.717, 1.165) is 12.1 Å². The second-order valence-electron chi connectivity index (χ2n) is 5.86. The maximum absolute atomic E-state index is 13.5. The minimum absolute atomic E-state index is 0.0312. The number of carbonyl (C=O) groups is 1. The van der Waals surface area contributed by atoms with E-state index in [4.69, 9.17) is 0 Å². The number of rotatable bonds is 8. The van der Waals surface area contributed by atoms with Gasteiger partial charge in [0.25, 0.3) is 0 Å². The van der Waals surface area contributed by atoms with Crippen LogP contribution in [0.5, 0.6) is 0 Å². The van der Waals surface area contributed by atoms with Gasteiger partial charge in [0.15, 0.2) is 0 Å². The highest BCUT2D eigenvalue weighted by Gasteiger charge is 2.05. The molecule has 134 valence electrons. The minimum atomic E-state index is -0.242. The van der Waals surface area contributed by atoms with Crippen LogP contribution in [0, 0.1) is 5.82 Å². The molecule has 0 atom stereocenters. The molecular formula is C20H20FN3OS. The van der Waals surface area contributed by atoms with Gasteiger partial charge in [-0.1, -0.05) is 36.4 Å². The van der Waals surface area contributed by atoms with Crippen molar-refractivity contribution in [1.82, 2.24) is 14.9 Å². The number of carbonyl (C=O) groups excluding carboxylic acids is 1. The lowest BCUT2D eigenvalue weighted by Gasteiger charge is -2.07. The van der Waals surface area contributed by atoms with E-state index in [1.54, 1.807) is 30.7 Å². The molecule has 0 aliphatic rings. The summed E-state index contributed by atoms with van der Waals surface area (Å²) in [6, 6.07) is 14.7.